The Bertz CT molecular complexity index is 1270. The van der Waals surface area contributed by atoms with Crippen LogP contribution in [0, 0.1) is 5.92 Å². The number of amides is 3. The second-order valence-corrected chi connectivity index (χ2v) is 15.1. The number of nitrogens with one attached hydrogen (secondary N) is 4. The molecule has 14 heteroatoms. The average Bonchev–Trinajstić information content (AvgIpc) is 3.53. The van der Waals surface area contributed by atoms with Gasteiger partial charge < -0.3 is 39.8 Å². The number of aliphatic hydroxyl groups is 1. The van der Waals surface area contributed by atoms with E-state index in [9.17, 15) is 24.1 Å². The molecule has 0 bridgehead atoms. The summed E-state index contributed by atoms with van der Waals surface area (Å²) >= 11 is 0. The lowest BCUT2D eigenvalue weighted by Crippen LogP contribution is -2.58. The summed E-state index contributed by atoms with van der Waals surface area (Å²) in [5.41, 5.74) is 0.600. The van der Waals surface area contributed by atoms with Crippen LogP contribution in [-0.2, 0) is 40.8 Å². The zero-order chi connectivity index (χ0) is 33.7. The number of aromatic amines is 1. The Morgan fingerprint density at radius 3 is 2.20 bits per heavy atom. The second-order valence-electron chi connectivity index (χ2n) is 12.8. The van der Waals surface area contributed by atoms with Gasteiger partial charge in [0.05, 0.1) is 24.6 Å². The zero-order valence-corrected chi connectivity index (χ0v) is 28.4. The van der Waals surface area contributed by atoms with Gasteiger partial charge in [0, 0.05) is 39.0 Å². The minimum atomic E-state index is -3.59. The van der Waals surface area contributed by atoms with Gasteiger partial charge in [-0.3, -0.25) is 14.2 Å². The Hall–Kier alpha value is -3.25. The van der Waals surface area contributed by atoms with E-state index >= 15 is 0 Å². The highest BCUT2D eigenvalue weighted by atomic mass is 31.2. The quantitative estimate of drug-likeness (QED) is 0.167. The molecule has 46 heavy (non-hydrogen) atoms. The van der Waals surface area contributed by atoms with Gasteiger partial charge in [-0.25, -0.2) is 9.78 Å². The molecule has 0 radical (unpaired) electrons. The average molecular weight is 664 g/mol. The lowest BCUT2D eigenvalue weighted by Gasteiger charge is -2.32. The number of hydrogen-bond donors (Lipinski definition) is 5. The molecular weight excluding hydrogens is 613 g/mol. The number of imidazole rings is 1. The summed E-state index contributed by atoms with van der Waals surface area (Å²) in [7, 11) is -1.09. The van der Waals surface area contributed by atoms with Crippen molar-refractivity contribution in [2.24, 2.45) is 5.92 Å². The normalized spacial score (nSPS) is 16.9. The number of rotatable bonds is 16. The van der Waals surface area contributed by atoms with Crippen LogP contribution >= 0.6 is 7.60 Å². The number of carbonyl (C=O) groups excluding carboxylic acids is 3. The molecule has 0 saturated heterocycles. The number of benzene rings is 1. The molecule has 5 N–H and O–H groups in total. The first-order valence-electron chi connectivity index (χ1n) is 15.8. The number of hydrogen-bond acceptors (Lipinski definition) is 9. The fourth-order valence-electron chi connectivity index (χ4n) is 5.56. The van der Waals surface area contributed by atoms with Gasteiger partial charge in [-0.15, -0.1) is 0 Å². The Balaban J connectivity index is 1.85. The molecule has 256 valence electrons. The molecule has 1 fully saturated rings. The van der Waals surface area contributed by atoms with Crippen LogP contribution in [0.2, 0.25) is 0 Å². The lowest BCUT2D eigenvalue weighted by atomic mass is 9.83. The minimum Gasteiger partial charge on any atom is -0.444 e. The fourth-order valence-corrected chi connectivity index (χ4v) is 6.72. The zero-order valence-electron chi connectivity index (χ0n) is 27.5. The van der Waals surface area contributed by atoms with Gasteiger partial charge in [0.15, 0.2) is 0 Å². The Morgan fingerprint density at radius 1 is 0.978 bits per heavy atom. The number of carbonyl (C=O) groups is 3. The Labute approximate surface area is 271 Å². The van der Waals surface area contributed by atoms with Crippen LogP contribution in [0.25, 0.3) is 0 Å². The molecule has 1 heterocycles. The van der Waals surface area contributed by atoms with Crippen molar-refractivity contribution < 1.29 is 37.8 Å². The summed E-state index contributed by atoms with van der Waals surface area (Å²) in [6.07, 6.45) is 6.53. The summed E-state index contributed by atoms with van der Waals surface area (Å²) in [4.78, 5) is 47.5. The molecule has 1 aromatic heterocycles. The number of aromatic nitrogens is 2. The van der Waals surface area contributed by atoms with Gasteiger partial charge in [0.25, 0.3) is 0 Å². The largest absolute Gasteiger partial charge is 0.444 e. The highest BCUT2D eigenvalue weighted by Gasteiger charge is 2.36. The first-order valence-corrected chi connectivity index (χ1v) is 17.5. The van der Waals surface area contributed by atoms with Crippen LogP contribution in [0.5, 0.6) is 0 Å². The summed E-state index contributed by atoms with van der Waals surface area (Å²) < 4.78 is 28.4. The van der Waals surface area contributed by atoms with Crippen molar-refractivity contribution in [3.63, 3.8) is 0 Å². The van der Waals surface area contributed by atoms with Crippen molar-refractivity contribution in [2.75, 3.05) is 20.4 Å². The molecule has 1 aromatic carbocycles. The van der Waals surface area contributed by atoms with Crippen molar-refractivity contribution in [1.82, 2.24) is 25.9 Å². The van der Waals surface area contributed by atoms with Crippen molar-refractivity contribution in [3.8, 4) is 0 Å². The number of ether oxygens (including phenoxy) is 1. The third-order valence-corrected chi connectivity index (χ3v) is 9.91. The third-order valence-electron chi connectivity index (χ3n) is 7.97. The highest BCUT2D eigenvalue weighted by Crippen LogP contribution is 2.47. The van der Waals surface area contributed by atoms with Gasteiger partial charge in [-0.1, -0.05) is 62.4 Å². The van der Waals surface area contributed by atoms with Crippen molar-refractivity contribution in [2.45, 2.75) is 102 Å². The summed E-state index contributed by atoms with van der Waals surface area (Å²) in [6.45, 7) is 5.17. The monoisotopic (exact) mass is 663 g/mol. The van der Waals surface area contributed by atoms with E-state index in [-0.39, 0.29) is 24.9 Å². The van der Waals surface area contributed by atoms with Crippen molar-refractivity contribution in [1.29, 1.82) is 0 Å². The Morgan fingerprint density at radius 2 is 1.61 bits per heavy atom. The predicted octanol–water partition coefficient (Wildman–Crippen LogP) is 3.88. The molecule has 0 unspecified atom stereocenters. The van der Waals surface area contributed by atoms with Gasteiger partial charge in [0.2, 0.25) is 11.8 Å². The molecule has 1 saturated carbocycles. The maximum atomic E-state index is 13.9. The van der Waals surface area contributed by atoms with E-state index in [1.807, 2.05) is 30.3 Å². The van der Waals surface area contributed by atoms with E-state index in [1.165, 1.54) is 20.5 Å². The third kappa shape index (κ3) is 12.5. The fraction of sp³-hybridized carbons (Fsp3) is 0.625. The number of aliphatic hydroxyl groups excluding tert-OH is 1. The number of H-pyrrole nitrogens is 1. The molecular formula is C32H50N5O8P. The molecule has 13 nitrogen and oxygen atoms in total. The minimum absolute atomic E-state index is 0.0585. The second kappa shape index (κ2) is 17.6. The van der Waals surface area contributed by atoms with E-state index in [0.717, 1.165) is 37.7 Å². The first-order chi connectivity index (χ1) is 21.8. The molecule has 1 aliphatic carbocycles. The summed E-state index contributed by atoms with van der Waals surface area (Å²) in [6, 6.07) is 6.23. The van der Waals surface area contributed by atoms with E-state index in [2.05, 4.69) is 25.9 Å². The van der Waals surface area contributed by atoms with Crippen LogP contribution in [-0.4, -0.2) is 83.2 Å². The molecule has 1 aliphatic rings. The predicted molar refractivity (Wildman–Crippen MR) is 173 cm³/mol. The Kier molecular flexibility index (Phi) is 14.2. The molecule has 2 aromatic rings. The summed E-state index contributed by atoms with van der Waals surface area (Å²) in [5, 5.41) is 19.6. The topological polar surface area (TPSA) is 181 Å². The van der Waals surface area contributed by atoms with Crippen LogP contribution in [0.1, 0.15) is 70.6 Å². The van der Waals surface area contributed by atoms with E-state index in [0.29, 0.717) is 12.1 Å². The maximum absolute atomic E-state index is 13.9. The highest BCUT2D eigenvalue weighted by molar-refractivity contribution is 7.53. The lowest BCUT2D eigenvalue weighted by molar-refractivity contribution is -0.130. The maximum Gasteiger partial charge on any atom is 0.408 e. The first kappa shape index (κ1) is 37.2. The van der Waals surface area contributed by atoms with Crippen LogP contribution in [0.15, 0.2) is 42.9 Å². The number of alkyl carbamates (subject to hydrolysis) is 1. The molecule has 0 spiro atoms. The van der Waals surface area contributed by atoms with Gasteiger partial charge in [-0.05, 0) is 38.7 Å². The number of nitrogens with zero attached hydrogens (tertiary/aromatic N) is 1. The summed E-state index contributed by atoms with van der Waals surface area (Å²) in [5.74, 6) is -0.891. The van der Waals surface area contributed by atoms with Crippen molar-refractivity contribution >= 4 is 25.5 Å². The van der Waals surface area contributed by atoms with Crippen LogP contribution < -0.4 is 16.0 Å². The van der Waals surface area contributed by atoms with Crippen LogP contribution in [0.3, 0.4) is 0 Å². The van der Waals surface area contributed by atoms with Gasteiger partial charge in [0.1, 0.15) is 17.7 Å². The molecule has 3 amide bonds. The van der Waals surface area contributed by atoms with E-state index in [4.69, 9.17) is 13.8 Å². The molecule has 4 atom stereocenters. The van der Waals surface area contributed by atoms with Crippen LogP contribution in [0.4, 0.5) is 4.79 Å². The smallest absolute Gasteiger partial charge is 0.408 e. The standard InChI is InChI=1S/C32H50N5O8P/c1-32(2,3)45-31(41)37-26(17-23-14-10-7-11-15-23)29(39)36-27(18-24-19-33-21-34-24)30(40)35-25(16-22-12-8-6-9-13-22)28(38)20-46(42,43-4)44-5/h7,10-11,14-15,19,21-22,25-28,38H,6,8-9,12-13,16-18,20H2,1-5H3,(H,33,34)(H,35,40)(H,36,39)(H,37,41)/t25-,26-,27-,28+/m0/s1. The molecule has 3 rings (SSSR count). The van der Waals surface area contributed by atoms with Gasteiger partial charge >= 0.3 is 13.7 Å². The van der Waals surface area contributed by atoms with E-state index < -0.39 is 55.3 Å². The van der Waals surface area contributed by atoms with Gasteiger partial charge in [-0.2, -0.15) is 0 Å². The molecule has 0 aliphatic heterocycles. The van der Waals surface area contributed by atoms with Crippen molar-refractivity contribution in [3.05, 3.63) is 54.1 Å². The SMILES string of the molecule is COP(=O)(C[C@@H](O)[C@H](CC1CCCCC1)NC(=O)[C@H](Cc1cnc[nH]1)NC(=O)[C@H](Cc1ccccc1)NC(=O)OC(C)(C)C)OC. The van der Waals surface area contributed by atoms with E-state index in [1.54, 1.807) is 27.0 Å².